The summed E-state index contributed by atoms with van der Waals surface area (Å²) in [6.45, 7) is 17.0. The van der Waals surface area contributed by atoms with E-state index < -0.39 is 17.1 Å². The molecule has 1 fully saturated rings. The number of carbonyl (C=O) groups is 2. The fraction of sp³-hybridized carbons (Fsp3) is 0.792. The Morgan fingerprint density at radius 1 is 0.792 bits per heavy atom. The quantitative estimate of drug-likeness (QED) is 0.0252. The number of ether oxygens (including phenoxy) is 1. The second-order valence-electron chi connectivity index (χ2n) is 17.2. The Balaban J connectivity index is 2.54. The second-order valence-corrected chi connectivity index (χ2v) is 17.2. The van der Waals surface area contributed by atoms with Crippen LogP contribution in [-0.4, -0.2) is 40.8 Å². The second kappa shape index (κ2) is 28.4. The molecule has 0 saturated heterocycles. The first kappa shape index (κ1) is 49.0. The number of hydrogen-bond acceptors (Lipinski definition) is 5. The van der Waals surface area contributed by atoms with E-state index in [-0.39, 0.29) is 11.9 Å². The van der Waals surface area contributed by atoms with Gasteiger partial charge in [0.25, 0.3) is 0 Å². The molecule has 53 heavy (non-hydrogen) atoms. The molecular formula is C48H84O5. The number of esters is 1. The highest BCUT2D eigenvalue weighted by Crippen LogP contribution is 2.55. The molecule has 0 spiro atoms. The third-order valence-corrected chi connectivity index (χ3v) is 12.3. The maximum atomic E-state index is 12.5. The average molecular weight is 741 g/mol. The SMILES string of the molecule is CCCCCCCCCCCCCCCCCC(=O)OCCCC1C(=C(C)C=O)CCC(C)(O)C1(C)CCC=C(C)C(O)CC=C(C)CCC=C(C)C. The number of hydrogen-bond donors (Lipinski definition) is 2. The van der Waals surface area contributed by atoms with Crippen molar-refractivity contribution in [1.29, 1.82) is 0 Å². The average Bonchev–Trinajstić information content (AvgIpc) is 3.11. The zero-order valence-electron chi connectivity index (χ0n) is 36.0. The predicted octanol–water partition coefficient (Wildman–Crippen LogP) is 13.4. The van der Waals surface area contributed by atoms with Crippen molar-refractivity contribution in [2.75, 3.05) is 6.61 Å². The number of rotatable bonds is 30. The summed E-state index contributed by atoms with van der Waals surface area (Å²) < 4.78 is 5.67. The fourth-order valence-electron chi connectivity index (χ4n) is 8.19. The summed E-state index contributed by atoms with van der Waals surface area (Å²) in [5.74, 6) is -0.106. The number of allylic oxidation sites excluding steroid dienone is 6. The summed E-state index contributed by atoms with van der Waals surface area (Å²) in [5.41, 5.74) is 4.10. The topological polar surface area (TPSA) is 83.8 Å². The molecule has 0 aromatic rings. The van der Waals surface area contributed by atoms with E-state index in [0.717, 1.165) is 68.0 Å². The van der Waals surface area contributed by atoms with Gasteiger partial charge in [-0.3, -0.25) is 9.59 Å². The fourth-order valence-corrected chi connectivity index (χ4v) is 8.19. The molecule has 1 saturated carbocycles. The minimum atomic E-state index is -0.903. The third-order valence-electron chi connectivity index (χ3n) is 12.3. The van der Waals surface area contributed by atoms with Gasteiger partial charge in [-0.2, -0.15) is 0 Å². The van der Waals surface area contributed by atoms with Gasteiger partial charge in [-0.1, -0.05) is 139 Å². The van der Waals surface area contributed by atoms with Crippen LogP contribution >= 0.6 is 0 Å². The van der Waals surface area contributed by atoms with Crippen molar-refractivity contribution in [1.82, 2.24) is 0 Å². The lowest BCUT2D eigenvalue weighted by Crippen LogP contribution is -2.52. The molecule has 4 unspecified atom stereocenters. The van der Waals surface area contributed by atoms with Gasteiger partial charge in [-0.25, -0.2) is 0 Å². The lowest BCUT2D eigenvalue weighted by atomic mass is 9.54. The summed E-state index contributed by atoms with van der Waals surface area (Å²) in [4.78, 5) is 24.5. The van der Waals surface area contributed by atoms with Gasteiger partial charge in [0.05, 0.1) is 18.3 Å². The Bertz CT molecular complexity index is 1140. The maximum Gasteiger partial charge on any atom is 0.305 e. The van der Waals surface area contributed by atoms with E-state index in [1.165, 1.54) is 94.6 Å². The summed E-state index contributed by atoms with van der Waals surface area (Å²) in [7, 11) is 0. The summed E-state index contributed by atoms with van der Waals surface area (Å²) in [5, 5.41) is 22.7. The van der Waals surface area contributed by atoms with Crippen LogP contribution in [0.5, 0.6) is 0 Å². The van der Waals surface area contributed by atoms with E-state index in [1.54, 1.807) is 0 Å². The standard InChI is InChI=1S/C48H84O5/c1-9-10-11-12-13-14-15-16-17-18-19-20-21-22-23-31-46(51)53-37-26-30-44-43(42(6)38-49)34-36-48(8,52)47(44,7)35-25-29-41(5)45(50)33-32-40(4)28-24-27-39(2)3/h27,29,32,38,44-45,50,52H,9-26,28,30-31,33-37H2,1-8H3. The Labute approximate surface area is 327 Å². The Morgan fingerprint density at radius 3 is 1.91 bits per heavy atom. The van der Waals surface area contributed by atoms with Gasteiger partial charge in [-0.05, 0) is 123 Å². The molecular weight excluding hydrogens is 657 g/mol. The third kappa shape index (κ3) is 20.5. The van der Waals surface area contributed by atoms with Crippen molar-refractivity contribution < 1.29 is 24.5 Å². The molecule has 1 rings (SSSR count). The van der Waals surface area contributed by atoms with Crippen molar-refractivity contribution in [2.45, 2.75) is 228 Å². The smallest absolute Gasteiger partial charge is 0.305 e. The largest absolute Gasteiger partial charge is 0.466 e. The minimum absolute atomic E-state index is 0.00993. The first-order valence-corrected chi connectivity index (χ1v) is 22.0. The normalized spacial score (nSPS) is 22.4. The van der Waals surface area contributed by atoms with Gasteiger partial charge in [-0.15, -0.1) is 0 Å². The molecule has 4 atom stereocenters. The van der Waals surface area contributed by atoms with Crippen molar-refractivity contribution in [3.05, 3.63) is 46.1 Å². The lowest BCUT2D eigenvalue weighted by Gasteiger charge is -2.53. The zero-order valence-corrected chi connectivity index (χ0v) is 36.0. The van der Waals surface area contributed by atoms with E-state index in [0.29, 0.717) is 38.7 Å². The Hall–Kier alpha value is -1.98. The first-order valence-electron chi connectivity index (χ1n) is 22.0. The summed E-state index contributed by atoms with van der Waals surface area (Å²) >= 11 is 0. The van der Waals surface area contributed by atoms with E-state index in [4.69, 9.17) is 4.74 Å². The first-order chi connectivity index (χ1) is 25.3. The minimum Gasteiger partial charge on any atom is -0.466 e. The molecule has 0 amide bonds. The van der Waals surface area contributed by atoms with Crippen molar-refractivity contribution in [3.8, 4) is 0 Å². The van der Waals surface area contributed by atoms with E-state index >= 15 is 0 Å². The van der Waals surface area contributed by atoms with Crippen LogP contribution in [0.15, 0.2) is 46.1 Å². The van der Waals surface area contributed by atoms with Crippen LogP contribution in [-0.2, 0) is 14.3 Å². The van der Waals surface area contributed by atoms with Gasteiger partial charge in [0.15, 0.2) is 0 Å². The van der Waals surface area contributed by atoms with Crippen LogP contribution in [0, 0.1) is 11.3 Å². The van der Waals surface area contributed by atoms with Crippen LogP contribution in [0.4, 0.5) is 0 Å². The van der Waals surface area contributed by atoms with Crippen molar-refractivity contribution in [3.63, 3.8) is 0 Å². The molecule has 306 valence electrons. The summed E-state index contributed by atoms with van der Waals surface area (Å²) in [6.07, 6.45) is 33.8. The molecule has 5 heteroatoms. The molecule has 0 aromatic heterocycles. The number of carbonyl (C=O) groups excluding carboxylic acids is 2. The molecule has 2 N–H and O–H groups in total. The van der Waals surface area contributed by atoms with Crippen LogP contribution in [0.1, 0.15) is 216 Å². The van der Waals surface area contributed by atoms with Crippen LogP contribution in [0.3, 0.4) is 0 Å². The van der Waals surface area contributed by atoms with E-state index in [1.807, 2.05) is 20.8 Å². The lowest BCUT2D eigenvalue weighted by molar-refractivity contribution is -0.144. The number of unbranched alkanes of at least 4 members (excludes halogenated alkanes) is 14. The number of aldehydes is 1. The molecule has 0 bridgehead atoms. The molecule has 0 aromatic carbocycles. The Kier molecular flexibility index (Phi) is 26.3. The maximum absolute atomic E-state index is 12.5. The van der Waals surface area contributed by atoms with Crippen molar-refractivity contribution >= 4 is 12.3 Å². The molecule has 0 heterocycles. The molecule has 1 aliphatic rings. The highest BCUT2D eigenvalue weighted by atomic mass is 16.5. The van der Waals surface area contributed by atoms with E-state index in [2.05, 4.69) is 52.8 Å². The summed E-state index contributed by atoms with van der Waals surface area (Å²) in [6, 6.07) is 0. The van der Waals surface area contributed by atoms with E-state index in [9.17, 15) is 19.8 Å². The van der Waals surface area contributed by atoms with Crippen LogP contribution < -0.4 is 0 Å². The molecule has 0 aliphatic heterocycles. The van der Waals surface area contributed by atoms with Crippen LogP contribution in [0.2, 0.25) is 0 Å². The monoisotopic (exact) mass is 741 g/mol. The van der Waals surface area contributed by atoms with Crippen molar-refractivity contribution in [2.24, 2.45) is 11.3 Å². The molecule has 5 nitrogen and oxygen atoms in total. The van der Waals surface area contributed by atoms with Gasteiger partial charge in [0.2, 0.25) is 0 Å². The Morgan fingerprint density at radius 2 is 1.36 bits per heavy atom. The van der Waals surface area contributed by atoms with Gasteiger partial charge in [0.1, 0.15) is 6.29 Å². The number of aliphatic hydroxyl groups is 2. The van der Waals surface area contributed by atoms with Crippen LogP contribution in [0.25, 0.3) is 0 Å². The highest BCUT2D eigenvalue weighted by molar-refractivity contribution is 5.74. The van der Waals surface area contributed by atoms with Gasteiger partial charge in [0, 0.05) is 11.8 Å². The predicted molar refractivity (Wildman–Crippen MR) is 226 cm³/mol. The van der Waals surface area contributed by atoms with Gasteiger partial charge < -0.3 is 14.9 Å². The number of aliphatic hydroxyl groups excluding tert-OH is 1. The highest BCUT2D eigenvalue weighted by Gasteiger charge is 2.52. The molecule has 1 aliphatic carbocycles. The zero-order chi connectivity index (χ0) is 39.5. The van der Waals surface area contributed by atoms with Gasteiger partial charge >= 0.3 is 5.97 Å². The molecule has 0 radical (unpaired) electrons.